The average molecular weight is 295 g/mol. The molecule has 5 heteroatoms. The van der Waals surface area contributed by atoms with Gasteiger partial charge in [0.1, 0.15) is 0 Å². The van der Waals surface area contributed by atoms with Crippen molar-refractivity contribution < 1.29 is 42.8 Å². The van der Waals surface area contributed by atoms with Crippen molar-refractivity contribution in [3.8, 4) is 0 Å². The van der Waals surface area contributed by atoms with Crippen LogP contribution in [0.2, 0.25) is 0 Å². The SMILES string of the molecule is [Ba+2].[Cr].[Cu].[H-].[H-].[Mg+2].[O-2]. The Morgan fingerprint density at radius 1 is 1.20 bits per heavy atom. The summed E-state index contributed by atoms with van der Waals surface area (Å²) in [7, 11) is 0. The predicted octanol–water partition coefficient (Wildman–Crippen LogP) is -0.660. The van der Waals surface area contributed by atoms with Crippen LogP contribution in [-0.2, 0) is 39.9 Å². The number of hydrogen-bond acceptors (Lipinski definition) is 0. The Labute approximate surface area is 112 Å². The molecule has 5 heavy (non-hydrogen) atoms. The first-order valence-corrected chi connectivity index (χ1v) is 0. The Morgan fingerprint density at radius 3 is 1.20 bits per heavy atom. The molecular formula is H2BaCrCuMgO. The van der Waals surface area contributed by atoms with Crippen LogP contribution in [0, 0.1) is 0 Å². The van der Waals surface area contributed by atoms with Gasteiger partial charge >= 0.3 is 71.9 Å². The first kappa shape index (κ1) is 40.2. The zero-order chi connectivity index (χ0) is 0. The van der Waals surface area contributed by atoms with Gasteiger partial charge in [-0.3, -0.25) is 0 Å². The second-order valence-corrected chi connectivity index (χ2v) is 0. The van der Waals surface area contributed by atoms with E-state index in [1.165, 1.54) is 0 Å². The molecule has 0 heterocycles. The second kappa shape index (κ2) is 26.4. The summed E-state index contributed by atoms with van der Waals surface area (Å²) in [5.41, 5.74) is 0. The van der Waals surface area contributed by atoms with Gasteiger partial charge in [0.15, 0.2) is 0 Å². The normalized spacial score (nSPS) is 0. The van der Waals surface area contributed by atoms with Crippen LogP contribution < -0.4 is 0 Å². The Kier molecular flexibility index (Phi) is 212. The van der Waals surface area contributed by atoms with Crippen molar-refractivity contribution in [2.75, 3.05) is 0 Å². The molecule has 0 aromatic heterocycles. The monoisotopic (exact) mass is 295 g/mol. The van der Waals surface area contributed by atoms with Crippen molar-refractivity contribution in [1.82, 2.24) is 0 Å². The van der Waals surface area contributed by atoms with Crippen molar-refractivity contribution in [2.24, 2.45) is 0 Å². The van der Waals surface area contributed by atoms with E-state index in [0.29, 0.717) is 0 Å². The Bertz CT molecular complexity index is 17.7. The van der Waals surface area contributed by atoms with E-state index in [2.05, 4.69) is 0 Å². The van der Waals surface area contributed by atoms with Crippen molar-refractivity contribution in [1.29, 1.82) is 0 Å². The van der Waals surface area contributed by atoms with E-state index in [1.807, 2.05) is 0 Å². The van der Waals surface area contributed by atoms with Gasteiger partial charge in [-0.05, 0) is 0 Å². The van der Waals surface area contributed by atoms with Crippen molar-refractivity contribution >= 4 is 71.9 Å². The first-order chi connectivity index (χ1) is 0. The fraction of sp³-hybridized carbons (Fsp3) is 0. The van der Waals surface area contributed by atoms with Crippen LogP contribution in [0.3, 0.4) is 0 Å². The van der Waals surface area contributed by atoms with Gasteiger partial charge in [-0.15, -0.1) is 0 Å². The minimum absolute atomic E-state index is 0. The summed E-state index contributed by atoms with van der Waals surface area (Å²) in [6, 6.07) is 0. The van der Waals surface area contributed by atoms with Crippen LogP contribution >= 0.6 is 0 Å². The maximum absolute atomic E-state index is 0. The predicted molar refractivity (Wildman–Crippen MR) is 14.4 cm³/mol. The molecule has 0 aliphatic rings. The zero-order valence-corrected chi connectivity index (χ0v) is 10.6. The fourth-order valence-electron chi connectivity index (χ4n) is 0. The molecule has 0 N–H and O–H groups in total. The second-order valence-electron chi connectivity index (χ2n) is 0. The Balaban J connectivity index is 0. The van der Waals surface area contributed by atoms with Gasteiger partial charge in [0.2, 0.25) is 0 Å². The van der Waals surface area contributed by atoms with Crippen LogP contribution in [0.5, 0.6) is 0 Å². The standard InChI is InChI=1S/Ba.Cr.Cu.Mg.O.2H/q+2;;;+2;-2;2*-1. The first-order valence-electron chi connectivity index (χ1n) is 0. The quantitative estimate of drug-likeness (QED) is 0.531. The third-order valence-electron chi connectivity index (χ3n) is 0. The van der Waals surface area contributed by atoms with Crippen LogP contribution in [0.4, 0.5) is 0 Å². The van der Waals surface area contributed by atoms with Gasteiger partial charge in [-0.1, -0.05) is 0 Å². The van der Waals surface area contributed by atoms with Crippen LogP contribution in [0.1, 0.15) is 2.85 Å². The maximum Gasteiger partial charge on any atom is 2.00 e. The molecule has 0 spiro atoms. The van der Waals surface area contributed by atoms with E-state index >= 15 is 0 Å². The van der Waals surface area contributed by atoms with Gasteiger partial charge in [0.25, 0.3) is 0 Å². The molecular weight excluding hydrogens is 293 g/mol. The fourth-order valence-corrected chi connectivity index (χ4v) is 0. The molecule has 0 rings (SSSR count). The Hall–Kier alpha value is 3.35. The van der Waals surface area contributed by atoms with Crippen LogP contribution in [0.25, 0.3) is 0 Å². The summed E-state index contributed by atoms with van der Waals surface area (Å²) in [6.07, 6.45) is 0. The Morgan fingerprint density at radius 2 is 1.20 bits per heavy atom. The van der Waals surface area contributed by atoms with Gasteiger partial charge < -0.3 is 8.33 Å². The topological polar surface area (TPSA) is 28.5 Å². The largest absolute Gasteiger partial charge is 2.00 e. The third-order valence-corrected chi connectivity index (χ3v) is 0. The summed E-state index contributed by atoms with van der Waals surface area (Å²) >= 11 is 0. The molecule has 0 aromatic rings. The molecule has 0 saturated carbocycles. The minimum Gasteiger partial charge on any atom is -2.00 e. The van der Waals surface area contributed by atoms with Crippen molar-refractivity contribution in [3.05, 3.63) is 0 Å². The summed E-state index contributed by atoms with van der Waals surface area (Å²) in [5.74, 6) is 0. The molecule has 0 bridgehead atoms. The molecule has 0 fully saturated rings. The maximum atomic E-state index is 0. The van der Waals surface area contributed by atoms with Gasteiger partial charge in [0, 0.05) is 34.4 Å². The molecule has 1 radical (unpaired) electrons. The van der Waals surface area contributed by atoms with E-state index in [4.69, 9.17) is 0 Å². The molecule has 0 saturated heterocycles. The number of rotatable bonds is 0. The minimum atomic E-state index is 0. The molecule has 1 nitrogen and oxygen atoms in total. The molecule has 0 aliphatic carbocycles. The van der Waals surface area contributed by atoms with Crippen molar-refractivity contribution in [2.45, 2.75) is 0 Å². The van der Waals surface area contributed by atoms with Crippen molar-refractivity contribution in [3.63, 3.8) is 0 Å². The van der Waals surface area contributed by atoms with E-state index in [1.54, 1.807) is 0 Å². The smallest absolute Gasteiger partial charge is 2.00 e. The number of hydrogen-bond donors (Lipinski definition) is 0. The van der Waals surface area contributed by atoms with Crippen LogP contribution in [0.15, 0.2) is 0 Å². The van der Waals surface area contributed by atoms with E-state index in [-0.39, 0.29) is 115 Å². The molecule has 29 valence electrons. The molecule has 0 aromatic carbocycles. The summed E-state index contributed by atoms with van der Waals surface area (Å²) in [4.78, 5) is 0. The summed E-state index contributed by atoms with van der Waals surface area (Å²) < 4.78 is 0. The van der Waals surface area contributed by atoms with E-state index in [9.17, 15) is 0 Å². The van der Waals surface area contributed by atoms with E-state index < -0.39 is 0 Å². The molecule has 0 amide bonds. The van der Waals surface area contributed by atoms with Gasteiger partial charge in [-0.2, -0.15) is 0 Å². The summed E-state index contributed by atoms with van der Waals surface area (Å²) in [5, 5.41) is 0. The zero-order valence-electron chi connectivity index (χ0n) is 4.53. The molecule has 0 unspecified atom stereocenters. The molecule has 0 aliphatic heterocycles. The van der Waals surface area contributed by atoms with E-state index in [0.717, 1.165) is 0 Å². The average Bonchev–Trinajstić information content (AvgIpc) is 0. The molecule has 0 atom stereocenters. The van der Waals surface area contributed by atoms with Gasteiger partial charge in [0.05, 0.1) is 0 Å². The third kappa shape index (κ3) is 18.7. The summed E-state index contributed by atoms with van der Waals surface area (Å²) in [6.45, 7) is 0. The van der Waals surface area contributed by atoms with Crippen LogP contribution in [-0.4, -0.2) is 71.9 Å². The van der Waals surface area contributed by atoms with Gasteiger partial charge in [-0.25, -0.2) is 0 Å².